The van der Waals surface area contributed by atoms with Gasteiger partial charge in [-0.15, -0.1) is 0 Å². The molecule has 0 amide bonds. The number of anilines is 1. The Bertz CT molecular complexity index is 652. The van der Waals surface area contributed by atoms with Gasteiger partial charge >= 0.3 is 0 Å². The van der Waals surface area contributed by atoms with Crippen LogP contribution in [0.25, 0.3) is 11.1 Å². The molecule has 0 bridgehead atoms. The van der Waals surface area contributed by atoms with Crippen molar-refractivity contribution >= 4 is 17.1 Å². The standard InChI is InChI=1S/C16H16N2O/c1-12-7-9-13(10-8-12)11-18(2)16-17-14-5-3-4-6-15(14)19-16/h3-10H,11H2,1-2H3. The van der Waals surface area contributed by atoms with Gasteiger partial charge in [0.2, 0.25) is 0 Å². The Labute approximate surface area is 112 Å². The molecule has 96 valence electrons. The van der Waals surface area contributed by atoms with Crippen LogP contribution in [0.3, 0.4) is 0 Å². The molecule has 0 aliphatic carbocycles. The Kier molecular flexibility index (Phi) is 2.95. The Morgan fingerprint density at radius 3 is 2.53 bits per heavy atom. The van der Waals surface area contributed by atoms with Crippen LogP contribution in [0.15, 0.2) is 52.9 Å². The zero-order chi connectivity index (χ0) is 13.2. The van der Waals surface area contributed by atoms with Crippen LogP contribution in [0, 0.1) is 6.92 Å². The number of para-hydroxylation sites is 2. The van der Waals surface area contributed by atoms with Gasteiger partial charge in [-0.1, -0.05) is 42.0 Å². The lowest BCUT2D eigenvalue weighted by molar-refractivity contribution is 0.582. The normalized spacial score (nSPS) is 10.8. The number of hydrogen-bond acceptors (Lipinski definition) is 3. The van der Waals surface area contributed by atoms with Crippen molar-refractivity contribution in [2.24, 2.45) is 0 Å². The molecule has 0 radical (unpaired) electrons. The molecule has 0 atom stereocenters. The highest BCUT2D eigenvalue weighted by molar-refractivity contribution is 5.74. The van der Waals surface area contributed by atoms with Crippen molar-refractivity contribution in [2.75, 3.05) is 11.9 Å². The summed E-state index contributed by atoms with van der Waals surface area (Å²) >= 11 is 0. The number of hydrogen-bond donors (Lipinski definition) is 0. The van der Waals surface area contributed by atoms with Crippen molar-refractivity contribution in [3.63, 3.8) is 0 Å². The molecular formula is C16H16N2O. The van der Waals surface area contributed by atoms with Crippen molar-refractivity contribution in [1.29, 1.82) is 0 Å². The molecule has 1 aromatic heterocycles. The molecular weight excluding hydrogens is 236 g/mol. The molecule has 0 aliphatic heterocycles. The van der Waals surface area contributed by atoms with Gasteiger partial charge < -0.3 is 9.32 Å². The average Bonchev–Trinajstić information content (AvgIpc) is 2.85. The molecule has 0 saturated carbocycles. The van der Waals surface area contributed by atoms with Crippen LogP contribution in [-0.4, -0.2) is 12.0 Å². The number of rotatable bonds is 3. The second-order valence-corrected chi connectivity index (χ2v) is 4.81. The molecule has 0 fully saturated rings. The largest absolute Gasteiger partial charge is 0.423 e. The summed E-state index contributed by atoms with van der Waals surface area (Å²) in [6.07, 6.45) is 0. The summed E-state index contributed by atoms with van der Waals surface area (Å²) in [7, 11) is 1.99. The van der Waals surface area contributed by atoms with Gasteiger partial charge in [-0.2, -0.15) is 4.98 Å². The minimum atomic E-state index is 0.654. The zero-order valence-electron chi connectivity index (χ0n) is 11.1. The topological polar surface area (TPSA) is 29.3 Å². The average molecular weight is 252 g/mol. The van der Waals surface area contributed by atoms with E-state index in [0.717, 1.165) is 17.6 Å². The van der Waals surface area contributed by atoms with Crippen molar-refractivity contribution in [3.05, 3.63) is 59.7 Å². The third-order valence-electron chi connectivity index (χ3n) is 3.15. The molecule has 3 nitrogen and oxygen atoms in total. The first-order chi connectivity index (χ1) is 9.22. The SMILES string of the molecule is Cc1ccc(CN(C)c2nc3ccccc3o2)cc1. The van der Waals surface area contributed by atoms with Gasteiger partial charge in [0.25, 0.3) is 6.01 Å². The second kappa shape index (κ2) is 4.76. The fourth-order valence-electron chi connectivity index (χ4n) is 2.06. The van der Waals surface area contributed by atoms with Crippen LogP contribution in [0.2, 0.25) is 0 Å². The minimum Gasteiger partial charge on any atom is -0.423 e. The Morgan fingerprint density at radius 2 is 1.79 bits per heavy atom. The number of aryl methyl sites for hydroxylation is 1. The minimum absolute atomic E-state index is 0.654. The van der Waals surface area contributed by atoms with E-state index in [2.05, 4.69) is 36.2 Å². The number of oxazole rings is 1. The van der Waals surface area contributed by atoms with E-state index in [-0.39, 0.29) is 0 Å². The molecule has 3 aromatic rings. The highest BCUT2D eigenvalue weighted by atomic mass is 16.4. The van der Waals surface area contributed by atoms with Gasteiger partial charge in [-0.05, 0) is 24.6 Å². The number of nitrogens with zero attached hydrogens (tertiary/aromatic N) is 2. The first kappa shape index (κ1) is 11.8. The van der Waals surface area contributed by atoms with Crippen molar-refractivity contribution in [2.45, 2.75) is 13.5 Å². The van der Waals surface area contributed by atoms with E-state index >= 15 is 0 Å². The lowest BCUT2D eigenvalue weighted by atomic mass is 10.1. The highest BCUT2D eigenvalue weighted by Crippen LogP contribution is 2.21. The van der Waals surface area contributed by atoms with E-state index < -0.39 is 0 Å². The van der Waals surface area contributed by atoms with Gasteiger partial charge in [-0.3, -0.25) is 0 Å². The maximum Gasteiger partial charge on any atom is 0.298 e. The van der Waals surface area contributed by atoms with Gasteiger partial charge in [-0.25, -0.2) is 0 Å². The molecule has 3 heteroatoms. The van der Waals surface area contributed by atoms with Crippen molar-refractivity contribution in [3.8, 4) is 0 Å². The summed E-state index contributed by atoms with van der Waals surface area (Å²) < 4.78 is 5.74. The fraction of sp³-hybridized carbons (Fsp3) is 0.188. The molecule has 3 rings (SSSR count). The monoisotopic (exact) mass is 252 g/mol. The predicted molar refractivity (Wildman–Crippen MR) is 77.3 cm³/mol. The smallest absolute Gasteiger partial charge is 0.298 e. The van der Waals surface area contributed by atoms with Crippen LogP contribution < -0.4 is 4.90 Å². The lowest BCUT2D eigenvalue weighted by Gasteiger charge is -2.14. The van der Waals surface area contributed by atoms with Gasteiger partial charge in [0, 0.05) is 13.6 Å². The van der Waals surface area contributed by atoms with Crippen LogP contribution in [0.4, 0.5) is 6.01 Å². The molecule has 0 aliphatic rings. The van der Waals surface area contributed by atoms with Crippen molar-refractivity contribution in [1.82, 2.24) is 4.98 Å². The summed E-state index contributed by atoms with van der Waals surface area (Å²) in [6, 6.07) is 17.0. The number of benzene rings is 2. The number of fused-ring (bicyclic) bond motifs is 1. The van der Waals surface area contributed by atoms with Crippen LogP contribution >= 0.6 is 0 Å². The van der Waals surface area contributed by atoms with Crippen molar-refractivity contribution < 1.29 is 4.42 Å². The highest BCUT2D eigenvalue weighted by Gasteiger charge is 2.10. The Morgan fingerprint density at radius 1 is 1.05 bits per heavy atom. The zero-order valence-corrected chi connectivity index (χ0v) is 11.1. The Balaban J connectivity index is 1.83. The van der Waals surface area contributed by atoms with E-state index in [4.69, 9.17) is 4.42 Å². The van der Waals surface area contributed by atoms with Gasteiger partial charge in [0.1, 0.15) is 5.52 Å². The summed E-state index contributed by atoms with van der Waals surface area (Å²) in [5, 5.41) is 0. The first-order valence-corrected chi connectivity index (χ1v) is 6.34. The van der Waals surface area contributed by atoms with Gasteiger partial charge in [0.15, 0.2) is 5.58 Å². The molecule has 1 heterocycles. The lowest BCUT2D eigenvalue weighted by Crippen LogP contribution is -2.16. The summed E-state index contributed by atoms with van der Waals surface area (Å²) in [5.41, 5.74) is 4.24. The quantitative estimate of drug-likeness (QED) is 0.710. The molecule has 0 saturated heterocycles. The van der Waals surface area contributed by atoms with E-state index in [0.29, 0.717) is 6.01 Å². The summed E-state index contributed by atoms with van der Waals surface area (Å²) in [4.78, 5) is 6.50. The molecule has 0 spiro atoms. The van der Waals surface area contributed by atoms with Crippen LogP contribution in [-0.2, 0) is 6.54 Å². The first-order valence-electron chi connectivity index (χ1n) is 6.34. The van der Waals surface area contributed by atoms with E-state index in [9.17, 15) is 0 Å². The van der Waals surface area contributed by atoms with E-state index in [1.54, 1.807) is 0 Å². The predicted octanol–water partition coefficient (Wildman–Crippen LogP) is 3.77. The second-order valence-electron chi connectivity index (χ2n) is 4.81. The van der Waals surface area contributed by atoms with E-state index in [1.807, 2.05) is 36.2 Å². The molecule has 2 aromatic carbocycles. The van der Waals surface area contributed by atoms with Crippen LogP contribution in [0.1, 0.15) is 11.1 Å². The molecule has 19 heavy (non-hydrogen) atoms. The third-order valence-corrected chi connectivity index (χ3v) is 3.15. The maximum atomic E-state index is 5.74. The van der Waals surface area contributed by atoms with Crippen LogP contribution in [0.5, 0.6) is 0 Å². The molecule has 0 unspecified atom stereocenters. The summed E-state index contributed by atoms with van der Waals surface area (Å²) in [6.45, 7) is 2.88. The van der Waals surface area contributed by atoms with Gasteiger partial charge in [0.05, 0.1) is 0 Å². The third kappa shape index (κ3) is 2.45. The molecule has 0 N–H and O–H groups in total. The van der Waals surface area contributed by atoms with E-state index in [1.165, 1.54) is 11.1 Å². The number of aromatic nitrogens is 1. The fourth-order valence-corrected chi connectivity index (χ4v) is 2.06. The summed E-state index contributed by atoms with van der Waals surface area (Å²) in [5.74, 6) is 0. The Hall–Kier alpha value is -2.29. The maximum absolute atomic E-state index is 5.74.